The number of imidazole rings is 1. The van der Waals surface area contributed by atoms with Gasteiger partial charge in [-0.1, -0.05) is 0 Å². The molecule has 36 heavy (non-hydrogen) atoms. The lowest BCUT2D eigenvalue weighted by molar-refractivity contribution is -0.137. The van der Waals surface area contributed by atoms with Crippen molar-refractivity contribution >= 4 is 17.6 Å². The molecule has 1 aliphatic rings. The van der Waals surface area contributed by atoms with Crippen LogP contribution in [0.5, 0.6) is 5.75 Å². The van der Waals surface area contributed by atoms with Crippen molar-refractivity contribution in [2.24, 2.45) is 0 Å². The number of nitrogens with one attached hydrogen (secondary N) is 1. The number of carbonyl (C=O) groups is 1. The van der Waals surface area contributed by atoms with Gasteiger partial charge in [0.05, 0.1) is 36.4 Å². The van der Waals surface area contributed by atoms with Crippen LogP contribution in [-0.4, -0.2) is 56.1 Å². The predicted octanol–water partition coefficient (Wildman–Crippen LogP) is 3.47. The molecule has 1 aliphatic heterocycles. The summed E-state index contributed by atoms with van der Waals surface area (Å²) in [7, 11) is 0. The summed E-state index contributed by atoms with van der Waals surface area (Å²) in [5, 5.41) is 16.0. The van der Waals surface area contributed by atoms with E-state index in [-0.39, 0.29) is 25.4 Å². The van der Waals surface area contributed by atoms with Crippen LogP contribution in [0.1, 0.15) is 5.56 Å². The molecule has 1 amide bonds. The molecule has 13 heteroatoms. The normalized spacial score (nSPS) is 14.9. The van der Waals surface area contributed by atoms with Gasteiger partial charge in [0, 0.05) is 17.3 Å². The zero-order chi connectivity index (χ0) is 25.5. The first-order valence-electron chi connectivity index (χ1n) is 10.6. The number of hydrogen-bond acceptors (Lipinski definition) is 7. The average Bonchev–Trinajstić information content (AvgIpc) is 3.24. The Kier molecular flexibility index (Phi) is 5.63. The van der Waals surface area contributed by atoms with E-state index < -0.39 is 29.2 Å². The Bertz CT molecular complexity index is 1430. The van der Waals surface area contributed by atoms with E-state index in [2.05, 4.69) is 20.4 Å². The Hall–Kier alpha value is -4.39. The Morgan fingerprint density at radius 3 is 2.53 bits per heavy atom. The first-order chi connectivity index (χ1) is 17.1. The third-order valence-corrected chi connectivity index (χ3v) is 5.68. The summed E-state index contributed by atoms with van der Waals surface area (Å²) < 4.78 is 52.2. The second kappa shape index (κ2) is 8.68. The summed E-state index contributed by atoms with van der Waals surface area (Å²) in [6.45, 7) is 0.557. The fourth-order valence-corrected chi connectivity index (χ4v) is 3.78. The molecule has 3 aromatic heterocycles. The molecule has 0 radical (unpaired) electrons. The lowest BCUT2D eigenvalue weighted by Gasteiger charge is -2.40. The third-order valence-electron chi connectivity index (χ3n) is 5.68. The number of pyridine rings is 1. The minimum absolute atomic E-state index is 0.108. The lowest BCUT2D eigenvalue weighted by atomic mass is 9.99. The number of aromatic nitrogens is 4. The lowest BCUT2D eigenvalue weighted by Crippen LogP contribution is -2.65. The summed E-state index contributed by atoms with van der Waals surface area (Å²) in [4.78, 5) is 18.9. The van der Waals surface area contributed by atoms with Crippen molar-refractivity contribution in [2.45, 2.75) is 11.7 Å². The van der Waals surface area contributed by atoms with Crippen LogP contribution in [0.3, 0.4) is 0 Å². The number of fused-ring (bicyclic) bond motifs is 1. The van der Waals surface area contributed by atoms with E-state index in [1.165, 1.54) is 16.9 Å². The molecule has 10 nitrogen and oxygen atoms in total. The molecule has 0 aliphatic carbocycles. The molecular weight excluding hydrogens is 481 g/mol. The first-order valence-corrected chi connectivity index (χ1v) is 10.6. The molecule has 0 saturated carbocycles. The van der Waals surface area contributed by atoms with E-state index in [0.717, 1.165) is 11.6 Å². The Labute approximate surface area is 201 Å². The van der Waals surface area contributed by atoms with Gasteiger partial charge in [0.15, 0.2) is 5.65 Å². The number of nitrogens with two attached hydrogens (primary N) is 1. The Balaban J connectivity index is 1.39. The molecule has 0 spiro atoms. The summed E-state index contributed by atoms with van der Waals surface area (Å²) in [6.07, 6.45) is -3.14. The molecule has 1 aromatic carbocycles. The van der Waals surface area contributed by atoms with Gasteiger partial charge < -0.3 is 25.6 Å². The van der Waals surface area contributed by atoms with Gasteiger partial charge in [-0.25, -0.2) is 19.3 Å². The minimum atomic E-state index is -4.65. The molecule has 4 aromatic rings. The van der Waals surface area contributed by atoms with Crippen LogP contribution in [0.4, 0.5) is 23.8 Å². The number of rotatable bonds is 6. The van der Waals surface area contributed by atoms with Gasteiger partial charge in [-0.15, -0.1) is 0 Å². The number of ether oxygens (including phenoxy) is 2. The van der Waals surface area contributed by atoms with Gasteiger partial charge >= 0.3 is 12.3 Å². The zero-order valence-electron chi connectivity index (χ0n) is 18.5. The van der Waals surface area contributed by atoms with E-state index in [1.54, 1.807) is 36.4 Å². The second-order valence-corrected chi connectivity index (χ2v) is 8.30. The van der Waals surface area contributed by atoms with E-state index >= 15 is 0 Å². The number of anilines is 1. The average molecular weight is 500 g/mol. The quantitative estimate of drug-likeness (QED) is 0.366. The monoisotopic (exact) mass is 500 g/mol. The number of hydrogen-bond donors (Lipinski definition) is 3. The molecule has 0 atom stereocenters. The fraction of sp³-hybridized carbons (Fsp3) is 0.217. The molecular formula is C23H19F3N6O4. The van der Waals surface area contributed by atoms with Crippen molar-refractivity contribution in [2.75, 3.05) is 25.6 Å². The number of alkyl halides is 3. The van der Waals surface area contributed by atoms with Crippen LogP contribution in [0.15, 0.2) is 54.9 Å². The van der Waals surface area contributed by atoms with E-state index in [9.17, 15) is 18.0 Å². The number of benzene rings is 1. The van der Waals surface area contributed by atoms with Crippen LogP contribution in [0.2, 0.25) is 0 Å². The van der Waals surface area contributed by atoms with E-state index in [4.69, 9.17) is 20.3 Å². The molecule has 5 rings (SSSR count). The van der Waals surface area contributed by atoms with Crippen molar-refractivity contribution in [1.29, 1.82) is 0 Å². The van der Waals surface area contributed by atoms with Gasteiger partial charge in [0.2, 0.25) is 0 Å². The topological polar surface area (TPSA) is 137 Å². The van der Waals surface area contributed by atoms with Gasteiger partial charge in [-0.3, -0.25) is 0 Å². The van der Waals surface area contributed by atoms with E-state index in [1.807, 2.05) is 0 Å². The molecule has 4 N–H and O–H groups in total. The van der Waals surface area contributed by atoms with Gasteiger partial charge in [-0.2, -0.15) is 18.3 Å². The SMILES string of the molecule is Nc1ncc(-c2cnc3ccc(-c4ccc(OCC5(NC(=O)O)COC5)cc4)nn23)cc1C(F)(F)F. The molecule has 1 saturated heterocycles. The van der Waals surface area contributed by atoms with E-state index in [0.29, 0.717) is 22.8 Å². The first kappa shape index (κ1) is 23.4. The maximum atomic E-state index is 13.3. The molecule has 4 heterocycles. The number of nitrogen functional groups attached to an aromatic ring is 1. The van der Waals surface area contributed by atoms with Crippen molar-refractivity contribution in [1.82, 2.24) is 24.9 Å². The highest BCUT2D eigenvalue weighted by Crippen LogP contribution is 2.35. The maximum Gasteiger partial charge on any atom is 0.419 e. The number of halogens is 3. The minimum Gasteiger partial charge on any atom is -0.491 e. The largest absolute Gasteiger partial charge is 0.491 e. The number of carboxylic acid groups (broad SMARTS) is 1. The van der Waals surface area contributed by atoms with Crippen LogP contribution >= 0.6 is 0 Å². The highest BCUT2D eigenvalue weighted by atomic mass is 19.4. The Morgan fingerprint density at radius 2 is 1.89 bits per heavy atom. The van der Waals surface area contributed by atoms with Gasteiger partial charge in [0.1, 0.15) is 23.7 Å². The highest BCUT2D eigenvalue weighted by molar-refractivity contribution is 5.68. The van der Waals surface area contributed by atoms with Crippen molar-refractivity contribution in [3.63, 3.8) is 0 Å². The van der Waals surface area contributed by atoms with Crippen LogP contribution in [0, 0.1) is 0 Å². The fourth-order valence-electron chi connectivity index (χ4n) is 3.78. The summed E-state index contributed by atoms with van der Waals surface area (Å²) in [5.41, 5.74) is 5.81. The van der Waals surface area contributed by atoms with Crippen molar-refractivity contribution < 1.29 is 32.5 Å². The Morgan fingerprint density at radius 1 is 1.14 bits per heavy atom. The van der Waals surface area contributed by atoms with Crippen LogP contribution in [-0.2, 0) is 10.9 Å². The molecule has 186 valence electrons. The van der Waals surface area contributed by atoms with Gasteiger partial charge in [0.25, 0.3) is 0 Å². The third kappa shape index (κ3) is 4.47. The van der Waals surface area contributed by atoms with Crippen molar-refractivity contribution in [3.8, 4) is 28.3 Å². The standard InChI is InChI=1S/C23H19F3N6O4/c24-23(25,26)16-7-14(8-29-20(16)27)18-9-28-19-6-5-17(31-32(18)19)13-1-3-15(4-2-13)36-12-22(10-35-11-22)30-21(33)34/h1-9,30H,10-12H2,(H2,27,29)(H,33,34). The number of nitrogens with zero attached hydrogens (tertiary/aromatic N) is 4. The summed E-state index contributed by atoms with van der Waals surface area (Å²) in [5.74, 6) is -0.0836. The zero-order valence-corrected chi connectivity index (χ0v) is 18.5. The van der Waals surface area contributed by atoms with Crippen LogP contribution < -0.4 is 15.8 Å². The van der Waals surface area contributed by atoms with Crippen LogP contribution in [0.25, 0.3) is 28.2 Å². The molecule has 1 fully saturated rings. The second-order valence-electron chi connectivity index (χ2n) is 8.30. The maximum absolute atomic E-state index is 13.3. The molecule has 0 bridgehead atoms. The highest BCUT2D eigenvalue weighted by Gasteiger charge is 2.41. The summed E-state index contributed by atoms with van der Waals surface area (Å²) in [6, 6.07) is 11.3. The number of amides is 1. The summed E-state index contributed by atoms with van der Waals surface area (Å²) >= 11 is 0. The van der Waals surface area contributed by atoms with Gasteiger partial charge in [-0.05, 0) is 42.5 Å². The van der Waals surface area contributed by atoms with Crippen molar-refractivity contribution in [3.05, 3.63) is 60.4 Å². The smallest absolute Gasteiger partial charge is 0.419 e. The predicted molar refractivity (Wildman–Crippen MR) is 121 cm³/mol. The molecule has 0 unspecified atom stereocenters.